The van der Waals surface area contributed by atoms with Crippen molar-refractivity contribution in [2.24, 2.45) is 5.92 Å². The fraction of sp³-hybridized carbons (Fsp3) is 0.800. The van der Waals surface area contributed by atoms with Gasteiger partial charge in [-0.1, -0.05) is 32.4 Å². The van der Waals surface area contributed by atoms with Crippen LogP contribution in [0.1, 0.15) is 34.1 Å². The highest BCUT2D eigenvalue weighted by Crippen LogP contribution is 2.06. The summed E-state index contributed by atoms with van der Waals surface area (Å²) in [7, 11) is 0. The molecule has 0 amide bonds. The first-order valence-electron chi connectivity index (χ1n) is 4.45. The SMILES string of the molecule is C=C(C)CN[C@H](C)[C@@H](C)CC. The molecule has 0 spiro atoms. The van der Waals surface area contributed by atoms with Crippen molar-refractivity contribution < 1.29 is 0 Å². The van der Waals surface area contributed by atoms with Gasteiger partial charge in [0.25, 0.3) is 0 Å². The molecule has 0 radical (unpaired) electrons. The Bertz CT molecular complexity index is 118. The second-order valence-electron chi connectivity index (χ2n) is 3.51. The van der Waals surface area contributed by atoms with Gasteiger partial charge in [0, 0.05) is 12.6 Å². The molecular weight excluding hydrogens is 134 g/mol. The molecular formula is C10H21N. The quantitative estimate of drug-likeness (QED) is 0.602. The van der Waals surface area contributed by atoms with Gasteiger partial charge in [0.05, 0.1) is 0 Å². The molecule has 11 heavy (non-hydrogen) atoms. The molecule has 0 bridgehead atoms. The van der Waals surface area contributed by atoms with Gasteiger partial charge in [-0.15, -0.1) is 0 Å². The predicted octanol–water partition coefficient (Wildman–Crippen LogP) is 2.59. The fourth-order valence-corrected chi connectivity index (χ4v) is 0.890. The molecule has 1 nitrogen and oxygen atoms in total. The molecule has 0 unspecified atom stereocenters. The van der Waals surface area contributed by atoms with Crippen molar-refractivity contribution >= 4 is 0 Å². The second kappa shape index (κ2) is 5.36. The van der Waals surface area contributed by atoms with Crippen LogP contribution < -0.4 is 5.32 Å². The van der Waals surface area contributed by atoms with Crippen molar-refractivity contribution in [2.45, 2.75) is 40.2 Å². The maximum Gasteiger partial charge on any atom is 0.0161 e. The average Bonchev–Trinajstić information content (AvgIpc) is 1.98. The number of rotatable bonds is 5. The molecule has 0 rings (SSSR count). The molecule has 0 aliphatic heterocycles. The summed E-state index contributed by atoms with van der Waals surface area (Å²) in [6, 6.07) is 0.608. The highest BCUT2D eigenvalue weighted by Gasteiger charge is 2.07. The van der Waals surface area contributed by atoms with Gasteiger partial charge in [0.1, 0.15) is 0 Å². The van der Waals surface area contributed by atoms with E-state index in [0.29, 0.717) is 6.04 Å². The second-order valence-corrected chi connectivity index (χ2v) is 3.51. The molecule has 1 heteroatoms. The van der Waals surface area contributed by atoms with Gasteiger partial charge < -0.3 is 5.32 Å². The lowest BCUT2D eigenvalue weighted by Crippen LogP contribution is -2.32. The van der Waals surface area contributed by atoms with Crippen LogP contribution in [-0.2, 0) is 0 Å². The van der Waals surface area contributed by atoms with Crippen molar-refractivity contribution in [3.05, 3.63) is 12.2 Å². The zero-order valence-electron chi connectivity index (χ0n) is 8.28. The van der Waals surface area contributed by atoms with Crippen LogP contribution in [0.5, 0.6) is 0 Å². The Morgan fingerprint density at radius 3 is 2.36 bits per heavy atom. The molecule has 0 aromatic heterocycles. The lowest BCUT2D eigenvalue weighted by Gasteiger charge is -2.19. The smallest absolute Gasteiger partial charge is 0.0161 e. The number of hydrogen-bond donors (Lipinski definition) is 1. The highest BCUT2D eigenvalue weighted by atomic mass is 14.9. The fourth-order valence-electron chi connectivity index (χ4n) is 0.890. The van der Waals surface area contributed by atoms with Crippen LogP contribution in [-0.4, -0.2) is 12.6 Å². The minimum atomic E-state index is 0.608. The van der Waals surface area contributed by atoms with E-state index in [2.05, 4.69) is 39.6 Å². The van der Waals surface area contributed by atoms with Gasteiger partial charge in [-0.25, -0.2) is 0 Å². The zero-order chi connectivity index (χ0) is 8.85. The first-order valence-corrected chi connectivity index (χ1v) is 4.45. The zero-order valence-corrected chi connectivity index (χ0v) is 8.28. The molecule has 0 aliphatic carbocycles. The molecule has 0 saturated heterocycles. The Kier molecular flexibility index (Phi) is 5.22. The van der Waals surface area contributed by atoms with E-state index in [0.717, 1.165) is 12.5 Å². The van der Waals surface area contributed by atoms with Crippen molar-refractivity contribution in [1.82, 2.24) is 5.32 Å². The molecule has 1 N–H and O–H groups in total. The van der Waals surface area contributed by atoms with E-state index in [1.54, 1.807) is 0 Å². The lowest BCUT2D eigenvalue weighted by atomic mass is 10.0. The van der Waals surface area contributed by atoms with Gasteiger partial charge in [0.15, 0.2) is 0 Å². The van der Waals surface area contributed by atoms with E-state index in [1.165, 1.54) is 12.0 Å². The predicted molar refractivity (Wildman–Crippen MR) is 51.7 cm³/mol. The summed E-state index contributed by atoms with van der Waals surface area (Å²) in [5, 5.41) is 3.43. The summed E-state index contributed by atoms with van der Waals surface area (Å²) in [6.45, 7) is 13.6. The Balaban J connectivity index is 3.51. The minimum Gasteiger partial charge on any atom is -0.310 e. The molecule has 0 aliphatic rings. The normalized spacial score (nSPS) is 16.0. The van der Waals surface area contributed by atoms with Gasteiger partial charge in [-0.2, -0.15) is 0 Å². The van der Waals surface area contributed by atoms with Crippen LogP contribution in [0.2, 0.25) is 0 Å². The molecule has 2 atom stereocenters. The average molecular weight is 155 g/mol. The van der Waals surface area contributed by atoms with Crippen LogP contribution in [0.4, 0.5) is 0 Å². The van der Waals surface area contributed by atoms with E-state index in [1.807, 2.05) is 0 Å². The third kappa shape index (κ3) is 5.02. The third-order valence-corrected chi connectivity index (χ3v) is 2.22. The van der Waals surface area contributed by atoms with Crippen molar-refractivity contribution in [3.63, 3.8) is 0 Å². The summed E-state index contributed by atoms with van der Waals surface area (Å²) in [5.41, 5.74) is 1.21. The molecule has 0 heterocycles. The van der Waals surface area contributed by atoms with Crippen LogP contribution in [0.25, 0.3) is 0 Å². The van der Waals surface area contributed by atoms with Gasteiger partial charge in [-0.05, 0) is 19.8 Å². The van der Waals surface area contributed by atoms with Gasteiger partial charge in [-0.3, -0.25) is 0 Å². The van der Waals surface area contributed by atoms with Crippen LogP contribution >= 0.6 is 0 Å². The van der Waals surface area contributed by atoms with Crippen LogP contribution in [0.3, 0.4) is 0 Å². The van der Waals surface area contributed by atoms with Crippen molar-refractivity contribution in [2.75, 3.05) is 6.54 Å². The lowest BCUT2D eigenvalue weighted by molar-refractivity contribution is 0.401. The molecule has 0 aromatic rings. The van der Waals surface area contributed by atoms with Crippen LogP contribution in [0, 0.1) is 5.92 Å². The van der Waals surface area contributed by atoms with Crippen LogP contribution in [0.15, 0.2) is 12.2 Å². The summed E-state index contributed by atoms with van der Waals surface area (Å²) in [4.78, 5) is 0. The maximum absolute atomic E-state index is 3.85. The summed E-state index contributed by atoms with van der Waals surface area (Å²) >= 11 is 0. The Morgan fingerprint density at radius 2 is 2.00 bits per heavy atom. The highest BCUT2D eigenvalue weighted by molar-refractivity contribution is 4.91. The Labute approximate surface area is 70.9 Å². The molecule has 0 fully saturated rings. The summed E-state index contributed by atoms with van der Waals surface area (Å²) < 4.78 is 0. The van der Waals surface area contributed by atoms with Crippen molar-refractivity contribution in [3.8, 4) is 0 Å². The monoisotopic (exact) mass is 155 g/mol. The van der Waals surface area contributed by atoms with E-state index in [-0.39, 0.29) is 0 Å². The van der Waals surface area contributed by atoms with Gasteiger partial charge in [0.2, 0.25) is 0 Å². The molecule has 0 saturated carbocycles. The topological polar surface area (TPSA) is 12.0 Å². The first-order chi connectivity index (χ1) is 5.07. The number of hydrogen-bond acceptors (Lipinski definition) is 1. The van der Waals surface area contributed by atoms with Gasteiger partial charge >= 0.3 is 0 Å². The third-order valence-electron chi connectivity index (χ3n) is 2.22. The van der Waals surface area contributed by atoms with E-state index >= 15 is 0 Å². The molecule has 66 valence electrons. The Morgan fingerprint density at radius 1 is 1.45 bits per heavy atom. The minimum absolute atomic E-state index is 0.608. The summed E-state index contributed by atoms with van der Waals surface area (Å²) in [5.74, 6) is 0.759. The van der Waals surface area contributed by atoms with E-state index in [4.69, 9.17) is 0 Å². The Hall–Kier alpha value is -0.300. The first kappa shape index (κ1) is 10.7. The largest absolute Gasteiger partial charge is 0.310 e. The van der Waals surface area contributed by atoms with E-state index < -0.39 is 0 Å². The van der Waals surface area contributed by atoms with E-state index in [9.17, 15) is 0 Å². The number of nitrogens with one attached hydrogen (secondary N) is 1. The van der Waals surface area contributed by atoms with Crippen molar-refractivity contribution in [1.29, 1.82) is 0 Å². The summed E-state index contributed by atoms with van der Waals surface area (Å²) in [6.07, 6.45) is 1.24. The standard InChI is InChI=1S/C10H21N/c1-6-9(4)10(5)11-7-8(2)3/h9-11H,2,6-7H2,1,3-5H3/t9-,10+/m0/s1. The maximum atomic E-state index is 3.85. The molecule has 0 aromatic carbocycles.